The number of hydrogen-bond acceptors (Lipinski definition) is 1. The monoisotopic (exact) mass is 176 g/mol. The third kappa shape index (κ3) is 4.36. The quantitative estimate of drug-likeness (QED) is 0.493. The smallest absolute Gasteiger partial charge is 0.0873 e. The van der Waals surface area contributed by atoms with Gasteiger partial charge in [0.15, 0.2) is 0 Å². The Morgan fingerprint density at radius 2 is 2.00 bits per heavy atom. The summed E-state index contributed by atoms with van der Waals surface area (Å²) < 4.78 is 5.30. The summed E-state index contributed by atoms with van der Waals surface area (Å²) in [5, 5.41) is 0. The van der Waals surface area contributed by atoms with Crippen molar-refractivity contribution in [2.45, 2.75) is 19.8 Å². The van der Waals surface area contributed by atoms with Crippen LogP contribution in [0.15, 0.2) is 36.6 Å². The second-order valence-electron chi connectivity index (χ2n) is 2.94. The molecule has 1 rings (SSSR count). The predicted octanol–water partition coefficient (Wildman–Crippen LogP) is 3.47. The van der Waals surface area contributed by atoms with Gasteiger partial charge in [0.25, 0.3) is 0 Å². The molecule has 0 aromatic heterocycles. The van der Waals surface area contributed by atoms with E-state index in [4.69, 9.17) is 4.74 Å². The number of ether oxygens (including phenoxy) is 1. The van der Waals surface area contributed by atoms with Crippen molar-refractivity contribution in [2.75, 3.05) is 6.61 Å². The third-order valence-corrected chi connectivity index (χ3v) is 1.77. The Morgan fingerprint density at radius 3 is 2.69 bits per heavy atom. The summed E-state index contributed by atoms with van der Waals surface area (Å²) in [5.74, 6) is 0. The summed E-state index contributed by atoms with van der Waals surface area (Å²) >= 11 is 0. The fourth-order valence-electron chi connectivity index (χ4n) is 0.987. The molecule has 0 bridgehead atoms. The van der Waals surface area contributed by atoms with Gasteiger partial charge < -0.3 is 4.74 Å². The minimum atomic E-state index is 0.819. The molecule has 0 aliphatic heterocycles. The lowest BCUT2D eigenvalue weighted by atomic mass is 10.2. The molecule has 1 aromatic rings. The minimum Gasteiger partial charge on any atom is -0.501 e. The molecule has 0 atom stereocenters. The molecule has 1 heteroatoms. The van der Waals surface area contributed by atoms with Crippen LogP contribution in [0.25, 0.3) is 6.08 Å². The van der Waals surface area contributed by atoms with Crippen molar-refractivity contribution in [3.05, 3.63) is 42.2 Å². The first-order chi connectivity index (χ1) is 6.43. The second-order valence-corrected chi connectivity index (χ2v) is 2.94. The summed E-state index contributed by atoms with van der Waals surface area (Å²) in [6.45, 7) is 2.98. The van der Waals surface area contributed by atoms with Crippen molar-refractivity contribution < 1.29 is 4.74 Å². The molecule has 0 unspecified atom stereocenters. The highest BCUT2D eigenvalue weighted by Crippen LogP contribution is 2.01. The molecule has 70 valence electrons. The summed E-state index contributed by atoms with van der Waals surface area (Å²) in [4.78, 5) is 0. The zero-order valence-corrected chi connectivity index (χ0v) is 8.07. The van der Waals surface area contributed by atoms with Crippen LogP contribution in [0, 0.1) is 0 Å². The fraction of sp³-hybridized carbons (Fsp3) is 0.333. The molecule has 0 spiro atoms. The molecule has 1 nitrogen and oxygen atoms in total. The van der Waals surface area contributed by atoms with Crippen LogP contribution in [-0.2, 0) is 4.74 Å². The Hall–Kier alpha value is -1.24. The van der Waals surface area contributed by atoms with Gasteiger partial charge in [0.05, 0.1) is 12.9 Å². The zero-order chi connectivity index (χ0) is 9.36. The Kier molecular flexibility index (Phi) is 4.77. The van der Waals surface area contributed by atoms with E-state index in [1.807, 2.05) is 24.3 Å². The van der Waals surface area contributed by atoms with Crippen LogP contribution in [0.5, 0.6) is 0 Å². The maximum absolute atomic E-state index is 5.30. The van der Waals surface area contributed by atoms with Crippen molar-refractivity contribution in [3.63, 3.8) is 0 Å². The van der Waals surface area contributed by atoms with Gasteiger partial charge in [-0.15, -0.1) is 0 Å². The third-order valence-electron chi connectivity index (χ3n) is 1.77. The second kappa shape index (κ2) is 6.30. The van der Waals surface area contributed by atoms with Crippen LogP contribution in [0.4, 0.5) is 0 Å². The van der Waals surface area contributed by atoms with Crippen molar-refractivity contribution in [2.24, 2.45) is 0 Å². The minimum absolute atomic E-state index is 0.819. The number of rotatable bonds is 5. The van der Waals surface area contributed by atoms with Crippen LogP contribution in [-0.4, -0.2) is 6.61 Å². The molecule has 13 heavy (non-hydrogen) atoms. The van der Waals surface area contributed by atoms with Gasteiger partial charge in [0, 0.05) is 0 Å². The van der Waals surface area contributed by atoms with E-state index in [0.29, 0.717) is 0 Å². The van der Waals surface area contributed by atoms with Crippen LogP contribution >= 0.6 is 0 Å². The fourth-order valence-corrected chi connectivity index (χ4v) is 0.987. The maximum Gasteiger partial charge on any atom is 0.0873 e. The van der Waals surface area contributed by atoms with E-state index in [9.17, 15) is 0 Å². The van der Waals surface area contributed by atoms with Crippen LogP contribution in [0.1, 0.15) is 25.3 Å². The molecule has 0 aliphatic rings. The zero-order valence-electron chi connectivity index (χ0n) is 8.07. The van der Waals surface area contributed by atoms with E-state index in [0.717, 1.165) is 13.0 Å². The van der Waals surface area contributed by atoms with Crippen LogP contribution < -0.4 is 0 Å². The molecule has 0 aliphatic carbocycles. The van der Waals surface area contributed by atoms with Crippen molar-refractivity contribution in [1.82, 2.24) is 0 Å². The van der Waals surface area contributed by atoms with Crippen molar-refractivity contribution in [1.29, 1.82) is 0 Å². The highest BCUT2D eigenvalue weighted by Gasteiger charge is 1.83. The normalized spacial score (nSPS) is 10.5. The van der Waals surface area contributed by atoms with E-state index in [2.05, 4.69) is 19.1 Å². The molecule has 0 heterocycles. The first-order valence-electron chi connectivity index (χ1n) is 4.76. The number of benzene rings is 1. The summed E-state index contributed by atoms with van der Waals surface area (Å²) in [7, 11) is 0. The van der Waals surface area contributed by atoms with E-state index in [-0.39, 0.29) is 0 Å². The highest BCUT2D eigenvalue weighted by molar-refractivity contribution is 5.47. The van der Waals surface area contributed by atoms with Crippen LogP contribution in [0.2, 0.25) is 0 Å². The molecule has 0 saturated heterocycles. The van der Waals surface area contributed by atoms with Gasteiger partial charge in [-0.25, -0.2) is 0 Å². The van der Waals surface area contributed by atoms with Gasteiger partial charge in [-0.05, 0) is 18.1 Å². The van der Waals surface area contributed by atoms with E-state index >= 15 is 0 Å². The lowest BCUT2D eigenvalue weighted by Crippen LogP contribution is -1.84. The molecule has 0 saturated carbocycles. The first kappa shape index (κ1) is 9.85. The molecular weight excluding hydrogens is 160 g/mol. The Bertz CT molecular complexity index is 239. The van der Waals surface area contributed by atoms with Gasteiger partial charge >= 0.3 is 0 Å². The van der Waals surface area contributed by atoms with Gasteiger partial charge in [-0.1, -0.05) is 43.7 Å². The number of unbranched alkanes of at least 4 members (excludes halogenated alkanes) is 1. The Labute approximate surface area is 80.0 Å². The van der Waals surface area contributed by atoms with E-state index in [1.165, 1.54) is 12.0 Å². The van der Waals surface area contributed by atoms with Gasteiger partial charge in [0.1, 0.15) is 0 Å². The van der Waals surface area contributed by atoms with Crippen molar-refractivity contribution >= 4 is 6.08 Å². The maximum atomic E-state index is 5.30. The van der Waals surface area contributed by atoms with Gasteiger partial charge in [0.2, 0.25) is 0 Å². The molecule has 0 amide bonds. The van der Waals surface area contributed by atoms with E-state index in [1.54, 1.807) is 6.26 Å². The molecule has 0 fully saturated rings. The van der Waals surface area contributed by atoms with E-state index < -0.39 is 0 Å². The van der Waals surface area contributed by atoms with Gasteiger partial charge in [-0.3, -0.25) is 0 Å². The van der Waals surface area contributed by atoms with Crippen LogP contribution in [0.3, 0.4) is 0 Å². The molecule has 1 aromatic carbocycles. The highest BCUT2D eigenvalue weighted by atomic mass is 16.5. The standard InChI is InChI=1S/C12H16O/c1-2-3-10-13-11-9-12-7-5-4-6-8-12/h4-9,11H,2-3,10H2,1H3/b11-9-. The molecule has 0 radical (unpaired) electrons. The largest absolute Gasteiger partial charge is 0.501 e. The predicted molar refractivity (Wildman–Crippen MR) is 56.3 cm³/mol. The SMILES string of the molecule is CCCCO/C=C\c1ccccc1. The lowest BCUT2D eigenvalue weighted by Gasteiger charge is -1.97. The Balaban J connectivity index is 2.25. The lowest BCUT2D eigenvalue weighted by molar-refractivity contribution is 0.246. The summed E-state index contributed by atoms with van der Waals surface area (Å²) in [6.07, 6.45) is 6.05. The molecule has 0 N–H and O–H groups in total. The summed E-state index contributed by atoms with van der Waals surface area (Å²) in [6, 6.07) is 10.2. The molecular formula is C12H16O. The topological polar surface area (TPSA) is 9.23 Å². The summed E-state index contributed by atoms with van der Waals surface area (Å²) in [5.41, 5.74) is 1.18. The van der Waals surface area contributed by atoms with Crippen molar-refractivity contribution in [3.8, 4) is 0 Å². The van der Waals surface area contributed by atoms with Gasteiger partial charge in [-0.2, -0.15) is 0 Å². The average molecular weight is 176 g/mol. The Morgan fingerprint density at radius 1 is 1.23 bits per heavy atom. The first-order valence-corrected chi connectivity index (χ1v) is 4.76. The number of hydrogen-bond donors (Lipinski definition) is 0. The average Bonchev–Trinajstić information content (AvgIpc) is 2.19.